The Morgan fingerprint density at radius 2 is 1.67 bits per heavy atom. The molecule has 4 heteroatoms. The predicted octanol–water partition coefficient (Wildman–Crippen LogP) is 4.53. The molecule has 0 aliphatic rings. The van der Waals surface area contributed by atoms with Gasteiger partial charge in [0.1, 0.15) is 0 Å². The number of hydrogen-bond acceptors (Lipinski definition) is 2. The standard InChI is InChI=1S/C14H10BrNO2/c15-14-4-2-1-3-12(14)8-5-11-6-9-13(10-7-11)16(17)18/h1-10H/b8-5+. The zero-order chi connectivity index (χ0) is 13.0. The second kappa shape index (κ2) is 5.60. The maximum atomic E-state index is 10.5. The Balaban J connectivity index is 2.19. The summed E-state index contributed by atoms with van der Waals surface area (Å²) < 4.78 is 1.02. The molecule has 0 unspecified atom stereocenters. The Labute approximate surface area is 113 Å². The molecule has 3 nitrogen and oxygen atoms in total. The Morgan fingerprint density at radius 1 is 1.00 bits per heavy atom. The zero-order valence-electron chi connectivity index (χ0n) is 9.42. The van der Waals surface area contributed by atoms with E-state index in [1.54, 1.807) is 12.1 Å². The molecular weight excluding hydrogens is 294 g/mol. The highest BCUT2D eigenvalue weighted by atomic mass is 79.9. The number of nitrogens with zero attached hydrogens (tertiary/aromatic N) is 1. The van der Waals surface area contributed by atoms with Gasteiger partial charge in [0, 0.05) is 16.6 Å². The van der Waals surface area contributed by atoms with E-state index in [1.165, 1.54) is 12.1 Å². The second-order valence-corrected chi connectivity index (χ2v) is 4.56. The first-order chi connectivity index (χ1) is 8.66. The van der Waals surface area contributed by atoms with E-state index in [0.717, 1.165) is 15.6 Å². The lowest BCUT2D eigenvalue weighted by atomic mass is 10.1. The van der Waals surface area contributed by atoms with E-state index in [9.17, 15) is 10.1 Å². The van der Waals surface area contributed by atoms with Crippen molar-refractivity contribution in [3.8, 4) is 0 Å². The predicted molar refractivity (Wildman–Crippen MR) is 76.2 cm³/mol. The summed E-state index contributed by atoms with van der Waals surface area (Å²) in [5.74, 6) is 0. The van der Waals surface area contributed by atoms with Crippen LogP contribution in [0, 0.1) is 10.1 Å². The molecule has 18 heavy (non-hydrogen) atoms. The van der Waals surface area contributed by atoms with E-state index in [4.69, 9.17) is 0 Å². The van der Waals surface area contributed by atoms with Crippen molar-refractivity contribution in [2.75, 3.05) is 0 Å². The highest BCUT2D eigenvalue weighted by Crippen LogP contribution is 2.19. The van der Waals surface area contributed by atoms with E-state index in [0.29, 0.717) is 0 Å². The monoisotopic (exact) mass is 303 g/mol. The smallest absolute Gasteiger partial charge is 0.258 e. The molecule has 0 aromatic heterocycles. The van der Waals surface area contributed by atoms with Crippen molar-refractivity contribution in [2.24, 2.45) is 0 Å². The number of halogens is 1. The van der Waals surface area contributed by atoms with Gasteiger partial charge in [-0.2, -0.15) is 0 Å². The van der Waals surface area contributed by atoms with Gasteiger partial charge in [-0.05, 0) is 29.3 Å². The zero-order valence-corrected chi connectivity index (χ0v) is 11.0. The largest absolute Gasteiger partial charge is 0.269 e. The molecule has 0 heterocycles. The van der Waals surface area contributed by atoms with Gasteiger partial charge in [0.05, 0.1) is 4.92 Å². The van der Waals surface area contributed by atoms with Gasteiger partial charge >= 0.3 is 0 Å². The molecule has 0 amide bonds. The van der Waals surface area contributed by atoms with Crippen LogP contribution in [0.3, 0.4) is 0 Å². The molecule has 0 fully saturated rings. The van der Waals surface area contributed by atoms with Crippen molar-refractivity contribution < 1.29 is 4.92 Å². The lowest BCUT2D eigenvalue weighted by molar-refractivity contribution is -0.384. The highest BCUT2D eigenvalue weighted by Gasteiger charge is 2.02. The van der Waals surface area contributed by atoms with Gasteiger partial charge in [-0.15, -0.1) is 0 Å². The quantitative estimate of drug-likeness (QED) is 0.475. The number of non-ortho nitro benzene ring substituents is 1. The van der Waals surface area contributed by atoms with Crippen LogP contribution in [0.1, 0.15) is 11.1 Å². The minimum Gasteiger partial charge on any atom is -0.258 e. The van der Waals surface area contributed by atoms with Crippen molar-refractivity contribution >= 4 is 33.8 Å². The number of rotatable bonds is 3. The summed E-state index contributed by atoms with van der Waals surface area (Å²) in [5.41, 5.74) is 2.10. The third-order valence-electron chi connectivity index (χ3n) is 2.46. The van der Waals surface area contributed by atoms with Gasteiger partial charge in [0.2, 0.25) is 0 Å². The molecule has 0 N–H and O–H groups in total. The van der Waals surface area contributed by atoms with Crippen LogP contribution < -0.4 is 0 Å². The summed E-state index contributed by atoms with van der Waals surface area (Å²) in [6.45, 7) is 0. The van der Waals surface area contributed by atoms with Crippen molar-refractivity contribution in [2.45, 2.75) is 0 Å². The molecule has 0 aliphatic heterocycles. The van der Waals surface area contributed by atoms with Crippen LogP contribution in [0.25, 0.3) is 12.2 Å². The average Bonchev–Trinajstić information content (AvgIpc) is 2.38. The van der Waals surface area contributed by atoms with Crippen LogP contribution in [0.5, 0.6) is 0 Å². The summed E-state index contributed by atoms with van der Waals surface area (Å²) in [5, 5.41) is 10.5. The topological polar surface area (TPSA) is 43.1 Å². The molecule has 0 saturated carbocycles. The van der Waals surface area contributed by atoms with Crippen LogP contribution in [-0.2, 0) is 0 Å². The number of nitro benzene ring substituents is 1. The van der Waals surface area contributed by atoms with Crippen molar-refractivity contribution in [3.05, 3.63) is 74.2 Å². The maximum Gasteiger partial charge on any atom is 0.269 e. The lowest BCUT2D eigenvalue weighted by Gasteiger charge is -1.97. The van der Waals surface area contributed by atoms with Crippen molar-refractivity contribution in [1.29, 1.82) is 0 Å². The van der Waals surface area contributed by atoms with E-state index in [-0.39, 0.29) is 5.69 Å². The van der Waals surface area contributed by atoms with Gasteiger partial charge < -0.3 is 0 Å². The van der Waals surface area contributed by atoms with Gasteiger partial charge in [-0.25, -0.2) is 0 Å². The Kier molecular flexibility index (Phi) is 3.89. The van der Waals surface area contributed by atoms with Crippen LogP contribution in [0.4, 0.5) is 5.69 Å². The first-order valence-electron chi connectivity index (χ1n) is 5.34. The summed E-state index contributed by atoms with van der Waals surface area (Å²) in [6, 6.07) is 14.3. The van der Waals surface area contributed by atoms with Crippen LogP contribution in [0.15, 0.2) is 53.0 Å². The van der Waals surface area contributed by atoms with E-state index >= 15 is 0 Å². The fourth-order valence-electron chi connectivity index (χ4n) is 1.50. The average molecular weight is 304 g/mol. The lowest BCUT2D eigenvalue weighted by Crippen LogP contribution is -1.86. The molecule has 2 rings (SSSR count). The van der Waals surface area contributed by atoms with Crippen LogP contribution in [0.2, 0.25) is 0 Å². The number of benzene rings is 2. The molecule has 0 saturated heterocycles. The molecule has 90 valence electrons. The van der Waals surface area contributed by atoms with Gasteiger partial charge in [-0.3, -0.25) is 10.1 Å². The van der Waals surface area contributed by atoms with Gasteiger partial charge in [0.25, 0.3) is 5.69 Å². The van der Waals surface area contributed by atoms with Gasteiger partial charge in [-0.1, -0.05) is 46.3 Å². The molecular formula is C14H10BrNO2. The first-order valence-corrected chi connectivity index (χ1v) is 6.13. The van der Waals surface area contributed by atoms with Gasteiger partial charge in [0.15, 0.2) is 0 Å². The first kappa shape index (κ1) is 12.5. The molecule has 0 aliphatic carbocycles. The normalized spacial score (nSPS) is 10.7. The van der Waals surface area contributed by atoms with E-state index in [1.807, 2.05) is 36.4 Å². The third kappa shape index (κ3) is 3.05. The molecule has 2 aromatic carbocycles. The van der Waals surface area contributed by atoms with Crippen LogP contribution >= 0.6 is 15.9 Å². The fourth-order valence-corrected chi connectivity index (χ4v) is 1.92. The molecule has 0 bridgehead atoms. The molecule has 0 radical (unpaired) electrons. The van der Waals surface area contributed by atoms with Crippen LogP contribution in [-0.4, -0.2) is 4.92 Å². The SMILES string of the molecule is O=[N+]([O-])c1ccc(/C=C/c2ccccc2Br)cc1. The Bertz CT molecular complexity index is 591. The number of hydrogen-bond donors (Lipinski definition) is 0. The minimum atomic E-state index is -0.402. The number of nitro groups is 1. The second-order valence-electron chi connectivity index (χ2n) is 3.70. The Morgan fingerprint density at radius 3 is 2.28 bits per heavy atom. The highest BCUT2D eigenvalue weighted by molar-refractivity contribution is 9.10. The molecule has 2 aromatic rings. The molecule has 0 atom stereocenters. The Hall–Kier alpha value is -1.94. The summed E-state index contributed by atoms with van der Waals surface area (Å²) >= 11 is 3.46. The maximum absolute atomic E-state index is 10.5. The molecule has 0 spiro atoms. The minimum absolute atomic E-state index is 0.105. The van der Waals surface area contributed by atoms with Crippen molar-refractivity contribution in [3.63, 3.8) is 0 Å². The summed E-state index contributed by atoms with van der Waals surface area (Å²) in [4.78, 5) is 10.1. The van der Waals surface area contributed by atoms with E-state index < -0.39 is 4.92 Å². The van der Waals surface area contributed by atoms with E-state index in [2.05, 4.69) is 15.9 Å². The van der Waals surface area contributed by atoms with Crippen molar-refractivity contribution in [1.82, 2.24) is 0 Å². The summed E-state index contributed by atoms with van der Waals surface area (Å²) in [6.07, 6.45) is 3.88. The summed E-state index contributed by atoms with van der Waals surface area (Å²) in [7, 11) is 0. The third-order valence-corrected chi connectivity index (χ3v) is 3.19. The fraction of sp³-hybridized carbons (Fsp3) is 0.